The minimum Gasteiger partial charge on any atom is -0.389 e. The molecule has 1 aliphatic rings. The largest absolute Gasteiger partial charge is 0.389 e. The summed E-state index contributed by atoms with van der Waals surface area (Å²) < 4.78 is 0. The Bertz CT molecular complexity index is 221. The maximum atomic E-state index is 10.9. The van der Waals surface area contributed by atoms with Crippen LogP contribution in [0.4, 0.5) is 0 Å². The van der Waals surface area contributed by atoms with Crippen molar-refractivity contribution in [3.8, 4) is 0 Å². The molecule has 0 bridgehead atoms. The lowest BCUT2D eigenvalue weighted by atomic mass is 9.62. The fourth-order valence-corrected chi connectivity index (χ4v) is 3.16. The zero-order chi connectivity index (χ0) is 11.6. The third-order valence-electron chi connectivity index (χ3n) is 4.23. The van der Waals surface area contributed by atoms with Gasteiger partial charge in [-0.2, -0.15) is 0 Å². The molecule has 0 amide bonds. The van der Waals surface area contributed by atoms with Crippen molar-refractivity contribution < 1.29 is 5.11 Å². The molecule has 1 rings (SSSR count). The molecule has 1 heteroatoms. The highest BCUT2D eigenvalue weighted by Crippen LogP contribution is 2.45. The molecule has 1 aliphatic carbocycles. The van der Waals surface area contributed by atoms with Crippen LogP contribution in [0.2, 0.25) is 0 Å². The summed E-state index contributed by atoms with van der Waals surface area (Å²) in [5.41, 5.74) is -0.520. The molecule has 0 radical (unpaired) electrons. The summed E-state index contributed by atoms with van der Waals surface area (Å²) in [5.74, 6) is 1.84. The molecular weight excluding hydrogens is 184 g/mol. The highest BCUT2D eigenvalue weighted by molar-refractivity contribution is 5.01. The van der Waals surface area contributed by atoms with E-state index in [9.17, 15) is 5.11 Å². The van der Waals surface area contributed by atoms with Crippen LogP contribution in [0.1, 0.15) is 47.0 Å². The lowest BCUT2D eigenvalue weighted by molar-refractivity contribution is -0.105. The molecule has 1 fully saturated rings. The van der Waals surface area contributed by atoms with Gasteiger partial charge in [0.05, 0.1) is 5.60 Å². The van der Waals surface area contributed by atoms with Gasteiger partial charge in [-0.05, 0) is 30.6 Å². The van der Waals surface area contributed by atoms with E-state index >= 15 is 0 Å². The lowest BCUT2D eigenvalue weighted by Crippen LogP contribution is -2.49. The summed E-state index contributed by atoms with van der Waals surface area (Å²) in [5, 5.41) is 10.9. The topological polar surface area (TPSA) is 20.2 Å². The van der Waals surface area contributed by atoms with Crippen molar-refractivity contribution in [3.05, 3.63) is 12.7 Å². The van der Waals surface area contributed by atoms with Crippen molar-refractivity contribution in [2.45, 2.75) is 52.6 Å². The van der Waals surface area contributed by atoms with Crippen molar-refractivity contribution >= 4 is 0 Å². The molecule has 0 aromatic rings. The molecule has 0 saturated heterocycles. The van der Waals surface area contributed by atoms with E-state index in [1.54, 1.807) is 0 Å². The van der Waals surface area contributed by atoms with E-state index in [0.29, 0.717) is 17.8 Å². The number of aliphatic hydroxyl groups is 1. The maximum absolute atomic E-state index is 10.9. The van der Waals surface area contributed by atoms with Gasteiger partial charge in [0, 0.05) is 5.92 Å². The fraction of sp³-hybridized carbons (Fsp3) is 0.857. The summed E-state index contributed by atoms with van der Waals surface area (Å²) in [7, 11) is 0. The van der Waals surface area contributed by atoms with Crippen molar-refractivity contribution in [1.29, 1.82) is 0 Å². The Morgan fingerprint density at radius 1 is 1.33 bits per heavy atom. The van der Waals surface area contributed by atoms with Crippen LogP contribution in [-0.2, 0) is 0 Å². The second kappa shape index (κ2) is 4.69. The molecule has 0 aromatic heterocycles. The van der Waals surface area contributed by atoms with Gasteiger partial charge in [0.1, 0.15) is 0 Å². The molecule has 0 heterocycles. The van der Waals surface area contributed by atoms with E-state index in [2.05, 4.69) is 34.3 Å². The first kappa shape index (κ1) is 12.8. The normalized spacial score (nSPS) is 39.1. The van der Waals surface area contributed by atoms with Gasteiger partial charge in [0.2, 0.25) is 0 Å². The predicted molar refractivity (Wildman–Crippen MR) is 65.7 cm³/mol. The van der Waals surface area contributed by atoms with Crippen LogP contribution in [0.5, 0.6) is 0 Å². The molecule has 0 aliphatic heterocycles. The molecule has 0 spiro atoms. The average Bonchev–Trinajstić information content (AvgIpc) is 2.15. The van der Waals surface area contributed by atoms with Gasteiger partial charge in [-0.1, -0.05) is 40.2 Å². The lowest BCUT2D eigenvalue weighted by Gasteiger charge is -2.47. The Morgan fingerprint density at radius 2 is 1.93 bits per heavy atom. The summed E-state index contributed by atoms with van der Waals surface area (Å²) in [6.07, 6.45) is 5.26. The van der Waals surface area contributed by atoms with Gasteiger partial charge >= 0.3 is 0 Å². The van der Waals surface area contributed by atoms with E-state index < -0.39 is 5.60 Å². The highest BCUT2D eigenvalue weighted by Gasteiger charge is 2.45. The predicted octanol–water partition coefficient (Wildman–Crippen LogP) is 3.63. The molecule has 1 N–H and O–H groups in total. The molecule has 88 valence electrons. The van der Waals surface area contributed by atoms with Gasteiger partial charge in [-0.25, -0.2) is 0 Å². The van der Waals surface area contributed by atoms with Crippen LogP contribution < -0.4 is 0 Å². The zero-order valence-electron chi connectivity index (χ0n) is 10.7. The van der Waals surface area contributed by atoms with Crippen LogP contribution in [0, 0.1) is 23.7 Å². The van der Waals surface area contributed by atoms with E-state index in [0.717, 1.165) is 12.8 Å². The van der Waals surface area contributed by atoms with E-state index in [1.165, 1.54) is 6.42 Å². The molecule has 15 heavy (non-hydrogen) atoms. The van der Waals surface area contributed by atoms with Crippen molar-refractivity contribution in [3.63, 3.8) is 0 Å². The summed E-state index contributed by atoms with van der Waals surface area (Å²) in [4.78, 5) is 0. The Labute approximate surface area is 94.6 Å². The van der Waals surface area contributed by atoms with Gasteiger partial charge in [-0.3, -0.25) is 0 Å². The van der Waals surface area contributed by atoms with E-state index in [1.807, 2.05) is 6.08 Å². The first-order valence-corrected chi connectivity index (χ1v) is 6.26. The first-order chi connectivity index (χ1) is 6.91. The minimum absolute atomic E-state index is 0.202. The standard InChI is InChI=1S/C14H26O/c1-6-12(5)14(15)9-11(4)7-8-13(14)10(2)3/h6,10-13,15H,1,7-9H2,2-5H3. The SMILES string of the molecule is C=CC(C)C1(O)CC(C)CCC1C(C)C. The van der Waals surface area contributed by atoms with Gasteiger partial charge < -0.3 is 5.11 Å². The van der Waals surface area contributed by atoms with Gasteiger partial charge in [-0.15, -0.1) is 6.58 Å². The van der Waals surface area contributed by atoms with Crippen LogP contribution in [0.25, 0.3) is 0 Å². The molecule has 1 saturated carbocycles. The third kappa shape index (κ3) is 2.44. The summed E-state index contributed by atoms with van der Waals surface area (Å²) in [6.45, 7) is 12.6. The van der Waals surface area contributed by atoms with Crippen LogP contribution in [0.15, 0.2) is 12.7 Å². The number of rotatable bonds is 3. The summed E-state index contributed by atoms with van der Waals surface area (Å²) in [6, 6.07) is 0. The molecule has 0 aromatic carbocycles. The van der Waals surface area contributed by atoms with E-state index in [-0.39, 0.29) is 5.92 Å². The molecule has 1 nitrogen and oxygen atoms in total. The van der Waals surface area contributed by atoms with Crippen LogP contribution in [0.3, 0.4) is 0 Å². The Balaban J connectivity index is 2.90. The van der Waals surface area contributed by atoms with Crippen molar-refractivity contribution in [1.82, 2.24) is 0 Å². The maximum Gasteiger partial charge on any atom is 0.0740 e. The first-order valence-electron chi connectivity index (χ1n) is 6.26. The monoisotopic (exact) mass is 210 g/mol. The third-order valence-corrected chi connectivity index (χ3v) is 4.23. The van der Waals surface area contributed by atoms with E-state index in [4.69, 9.17) is 0 Å². The second-order valence-electron chi connectivity index (χ2n) is 5.75. The Kier molecular flexibility index (Phi) is 3.99. The Morgan fingerprint density at radius 3 is 2.40 bits per heavy atom. The molecular formula is C14H26O. The fourth-order valence-electron chi connectivity index (χ4n) is 3.16. The Hall–Kier alpha value is -0.300. The van der Waals surface area contributed by atoms with Crippen molar-refractivity contribution in [2.75, 3.05) is 0 Å². The molecule has 4 atom stereocenters. The van der Waals surface area contributed by atoms with Gasteiger partial charge in [0.15, 0.2) is 0 Å². The van der Waals surface area contributed by atoms with Crippen LogP contribution in [-0.4, -0.2) is 10.7 Å². The van der Waals surface area contributed by atoms with Crippen LogP contribution >= 0.6 is 0 Å². The average molecular weight is 210 g/mol. The zero-order valence-corrected chi connectivity index (χ0v) is 10.7. The second-order valence-corrected chi connectivity index (χ2v) is 5.75. The van der Waals surface area contributed by atoms with Crippen molar-refractivity contribution in [2.24, 2.45) is 23.7 Å². The molecule has 4 unspecified atom stereocenters. The minimum atomic E-state index is -0.520. The number of hydrogen-bond acceptors (Lipinski definition) is 1. The van der Waals surface area contributed by atoms with Gasteiger partial charge in [0.25, 0.3) is 0 Å². The smallest absolute Gasteiger partial charge is 0.0740 e. The summed E-state index contributed by atoms with van der Waals surface area (Å²) >= 11 is 0. The highest BCUT2D eigenvalue weighted by atomic mass is 16.3. The number of hydrogen-bond donors (Lipinski definition) is 1. The quantitative estimate of drug-likeness (QED) is 0.705.